The molecule has 0 radical (unpaired) electrons. The monoisotopic (exact) mass is 278 g/mol. The molecule has 0 aromatic carbocycles. The van der Waals surface area contributed by atoms with E-state index in [0.717, 1.165) is 14.6 Å². The Bertz CT molecular complexity index is 428. The smallest absolute Gasteiger partial charge is 0.0751 e. The zero-order valence-electron chi connectivity index (χ0n) is 6.79. The van der Waals surface area contributed by atoms with Gasteiger partial charge in [-0.2, -0.15) is 0 Å². The molecule has 0 N–H and O–H groups in total. The number of halogens is 2. The fourth-order valence-corrected chi connectivity index (χ4v) is 3.89. The number of thiophene rings is 2. The molecule has 72 valence electrons. The molecule has 0 aliphatic heterocycles. The lowest BCUT2D eigenvalue weighted by atomic mass is 10.3. The maximum atomic E-state index is 5.99. The average Bonchev–Trinajstić information content (AvgIpc) is 2.73. The molecule has 2 rings (SSSR count). The van der Waals surface area contributed by atoms with Crippen LogP contribution in [0, 0.1) is 0 Å². The second-order valence-corrected chi connectivity index (χ2v) is 5.58. The van der Waals surface area contributed by atoms with E-state index in [1.807, 2.05) is 22.9 Å². The lowest BCUT2D eigenvalue weighted by Gasteiger charge is -1.98. The number of hydrogen-bond acceptors (Lipinski definition) is 3. The molecule has 0 aliphatic carbocycles. The summed E-state index contributed by atoms with van der Waals surface area (Å²) in [6.45, 7) is 0. The Morgan fingerprint density at radius 2 is 1.43 bits per heavy atom. The number of thiocarbonyl (C=S) groups is 1. The fourth-order valence-electron chi connectivity index (χ4n) is 1.01. The van der Waals surface area contributed by atoms with E-state index in [4.69, 9.17) is 35.4 Å². The van der Waals surface area contributed by atoms with Crippen LogP contribution in [0.25, 0.3) is 0 Å². The second kappa shape index (κ2) is 4.29. The fraction of sp³-hybridized carbons (Fsp3) is 0. The van der Waals surface area contributed by atoms with E-state index in [2.05, 4.69) is 0 Å². The van der Waals surface area contributed by atoms with Crippen molar-refractivity contribution in [3.63, 3.8) is 0 Å². The van der Waals surface area contributed by atoms with Crippen molar-refractivity contribution in [2.24, 2.45) is 0 Å². The largest absolute Gasteiger partial charge is 0.141 e. The topological polar surface area (TPSA) is 0 Å². The molecule has 0 saturated heterocycles. The highest BCUT2D eigenvalue weighted by atomic mass is 35.5. The van der Waals surface area contributed by atoms with E-state index in [-0.39, 0.29) is 0 Å². The maximum absolute atomic E-state index is 5.99. The molecular formula is C9H4Cl2S3. The predicted octanol–water partition coefficient (Wildman–Crippen LogP) is 4.88. The van der Waals surface area contributed by atoms with E-state index in [1.54, 1.807) is 0 Å². The predicted molar refractivity (Wildman–Crippen MR) is 69.5 cm³/mol. The molecule has 0 nitrogen and oxygen atoms in total. The molecule has 0 spiro atoms. The van der Waals surface area contributed by atoms with Crippen LogP contribution in [-0.2, 0) is 0 Å². The molecule has 0 bridgehead atoms. The van der Waals surface area contributed by atoms with Crippen molar-refractivity contribution in [3.05, 3.63) is 42.7 Å². The van der Waals surface area contributed by atoms with Gasteiger partial charge in [0.25, 0.3) is 0 Å². The molecule has 5 heteroatoms. The molecule has 0 atom stereocenters. The molecule has 2 heterocycles. The first-order valence-electron chi connectivity index (χ1n) is 3.71. The Morgan fingerprint density at radius 1 is 1.00 bits per heavy atom. The van der Waals surface area contributed by atoms with Crippen LogP contribution < -0.4 is 0 Å². The highest BCUT2D eigenvalue weighted by molar-refractivity contribution is 7.82. The minimum atomic E-state index is 0.699. The molecule has 0 fully saturated rings. The summed E-state index contributed by atoms with van der Waals surface area (Å²) in [6.07, 6.45) is 0. The van der Waals surface area contributed by atoms with Gasteiger partial charge in [0.1, 0.15) is 0 Å². The van der Waals surface area contributed by atoms with Crippen LogP contribution >= 0.6 is 58.1 Å². The van der Waals surface area contributed by atoms with Crippen molar-refractivity contribution in [1.82, 2.24) is 0 Å². The van der Waals surface area contributed by atoms with Crippen molar-refractivity contribution in [2.45, 2.75) is 0 Å². The Hall–Kier alpha value is 0.0700. The first-order chi connectivity index (χ1) is 6.70. The molecule has 0 aliphatic rings. The van der Waals surface area contributed by atoms with Crippen LogP contribution in [0.1, 0.15) is 9.75 Å². The van der Waals surface area contributed by atoms with Gasteiger partial charge in [0.05, 0.1) is 24.7 Å². The lowest BCUT2D eigenvalue weighted by Crippen LogP contribution is -1.94. The van der Waals surface area contributed by atoms with E-state index >= 15 is 0 Å². The third-order valence-corrected chi connectivity index (χ3v) is 5.03. The minimum Gasteiger partial charge on any atom is -0.141 e. The summed E-state index contributed by atoms with van der Waals surface area (Å²) in [6, 6.07) is 3.69. The minimum absolute atomic E-state index is 0.699. The summed E-state index contributed by atoms with van der Waals surface area (Å²) in [5.74, 6) is 0. The van der Waals surface area contributed by atoms with Gasteiger partial charge in [0.2, 0.25) is 0 Å². The quantitative estimate of drug-likeness (QED) is 0.557. The summed E-state index contributed by atoms with van der Waals surface area (Å²) < 4.78 is 0. The highest BCUT2D eigenvalue weighted by Crippen LogP contribution is 2.31. The zero-order chi connectivity index (χ0) is 10.1. The maximum Gasteiger partial charge on any atom is 0.0751 e. The van der Waals surface area contributed by atoms with Gasteiger partial charge < -0.3 is 0 Å². The summed E-state index contributed by atoms with van der Waals surface area (Å²) in [5, 5.41) is 5.24. The molecule has 0 amide bonds. The summed E-state index contributed by atoms with van der Waals surface area (Å²) >= 11 is 20.4. The number of hydrogen-bond donors (Lipinski definition) is 0. The van der Waals surface area contributed by atoms with Crippen LogP contribution in [0.15, 0.2) is 22.9 Å². The van der Waals surface area contributed by atoms with Crippen molar-refractivity contribution >= 4 is 63.0 Å². The van der Waals surface area contributed by atoms with Crippen molar-refractivity contribution in [1.29, 1.82) is 0 Å². The number of rotatable bonds is 2. The molecular weight excluding hydrogens is 275 g/mol. The Morgan fingerprint density at radius 3 is 1.71 bits per heavy atom. The SMILES string of the molecule is S=C(c1sccc1Cl)c1sccc1Cl. The van der Waals surface area contributed by atoms with Gasteiger partial charge in [0.15, 0.2) is 0 Å². The summed E-state index contributed by atoms with van der Waals surface area (Å²) in [4.78, 5) is 2.59. The normalized spacial score (nSPS) is 10.4. The van der Waals surface area contributed by atoms with Gasteiger partial charge in [-0.3, -0.25) is 0 Å². The Kier molecular flexibility index (Phi) is 3.24. The van der Waals surface area contributed by atoms with Crippen molar-refractivity contribution < 1.29 is 0 Å². The van der Waals surface area contributed by atoms with Gasteiger partial charge in [0, 0.05) is 0 Å². The van der Waals surface area contributed by atoms with Crippen LogP contribution in [0.4, 0.5) is 0 Å². The van der Waals surface area contributed by atoms with Gasteiger partial charge in [-0.15, -0.1) is 22.7 Å². The van der Waals surface area contributed by atoms with Crippen molar-refractivity contribution in [2.75, 3.05) is 0 Å². The van der Waals surface area contributed by atoms with E-state index in [9.17, 15) is 0 Å². The first-order valence-corrected chi connectivity index (χ1v) is 6.63. The zero-order valence-corrected chi connectivity index (χ0v) is 10.8. The van der Waals surface area contributed by atoms with Crippen LogP contribution in [0.5, 0.6) is 0 Å². The molecule has 0 unspecified atom stereocenters. The van der Waals surface area contributed by atoms with Crippen LogP contribution in [0.2, 0.25) is 10.0 Å². The summed E-state index contributed by atoms with van der Waals surface area (Å²) in [5.41, 5.74) is 0. The average molecular weight is 279 g/mol. The third-order valence-electron chi connectivity index (χ3n) is 1.65. The first kappa shape index (κ1) is 10.6. The van der Waals surface area contributed by atoms with Crippen LogP contribution in [0.3, 0.4) is 0 Å². The molecule has 0 saturated carbocycles. The lowest BCUT2D eigenvalue weighted by molar-refractivity contribution is 1.90. The van der Waals surface area contributed by atoms with Gasteiger partial charge in [-0.1, -0.05) is 35.4 Å². The standard InChI is InChI=1S/C9H4Cl2S3/c10-5-1-3-13-8(5)7(12)9-6(11)2-4-14-9/h1-4H. The third kappa shape index (κ3) is 1.88. The molecule has 14 heavy (non-hydrogen) atoms. The van der Waals surface area contributed by atoms with Crippen LogP contribution in [-0.4, -0.2) is 4.86 Å². The summed E-state index contributed by atoms with van der Waals surface area (Å²) in [7, 11) is 0. The van der Waals surface area contributed by atoms with Gasteiger partial charge in [-0.05, 0) is 22.9 Å². The highest BCUT2D eigenvalue weighted by Gasteiger charge is 2.14. The van der Waals surface area contributed by atoms with E-state index in [1.165, 1.54) is 22.7 Å². The van der Waals surface area contributed by atoms with Gasteiger partial charge in [-0.25, -0.2) is 0 Å². The van der Waals surface area contributed by atoms with Gasteiger partial charge >= 0.3 is 0 Å². The Labute approximate surface area is 105 Å². The molecule has 2 aromatic heterocycles. The second-order valence-electron chi connectivity index (χ2n) is 2.52. The van der Waals surface area contributed by atoms with E-state index in [0.29, 0.717) is 10.0 Å². The van der Waals surface area contributed by atoms with E-state index < -0.39 is 0 Å². The van der Waals surface area contributed by atoms with Crippen molar-refractivity contribution in [3.8, 4) is 0 Å². The molecule has 2 aromatic rings. The Balaban J connectivity index is 2.44.